The Kier molecular flexibility index (Phi) is 3.76. The van der Waals surface area contributed by atoms with Crippen molar-refractivity contribution in [2.45, 2.75) is 18.9 Å². The lowest BCUT2D eigenvalue weighted by molar-refractivity contribution is 0.167. The average Bonchev–Trinajstić information content (AvgIpc) is 3.00. The Bertz CT molecular complexity index is 593. The summed E-state index contributed by atoms with van der Waals surface area (Å²) < 4.78 is 5.64. The lowest BCUT2D eigenvalue weighted by Gasteiger charge is -2.21. The molecule has 0 radical (unpaired) electrons. The highest BCUT2D eigenvalue weighted by molar-refractivity contribution is 5.29. The maximum atomic E-state index is 5.64. The smallest absolute Gasteiger partial charge is 0.124 e. The van der Waals surface area contributed by atoms with E-state index >= 15 is 0 Å². The molecule has 6 heteroatoms. The van der Waals surface area contributed by atoms with E-state index in [1.54, 1.807) is 11.0 Å². The Morgan fingerprint density at radius 2 is 2.15 bits per heavy atom. The van der Waals surface area contributed by atoms with Gasteiger partial charge in [0.25, 0.3) is 0 Å². The molecule has 0 spiro atoms. The number of aromatic nitrogens is 3. The van der Waals surface area contributed by atoms with Crippen LogP contribution < -0.4 is 11.3 Å². The van der Waals surface area contributed by atoms with Gasteiger partial charge in [-0.05, 0) is 31.1 Å². The first-order valence-electron chi connectivity index (χ1n) is 6.65. The van der Waals surface area contributed by atoms with Gasteiger partial charge in [0, 0.05) is 0 Å². The highest BCUT2D eigenvalue weighted by Gasteiger charge is 2.21. The fourth-order valence-electron chi connectivity index (χ4n) is 2.18. The van der Waals surface area contributed by atoms with Crippen molar-refractivity contribution >= 4 is 0 Å². The van der Waals surface area contributed by atoms with Crippen LogP contribution in [0, 0.1) is 0 Å². The van der Waals surface area contributed by atoms with Crippen molar-refractivity contribution in [1.82, 2.24) is 20.4 Å². The average molecular weight is 271 g/mol. The molecule has 1 aromatic heterocycles. The highest BCUT2D eigenvalue weighted by Crippen LogP contribution is 2.24. The number of nitrogens with zero attached hydrogens (tertiary/aromatic N) is 3. The number of hydrogen-bond acceptors (Lipinski definition) is 5. The Labute approximate surface area is 117 Å². The van der Waals surface area contributed by atoms with Gasteiger partial charge in [0.05, 0.1) is 18.5 Å². The van der Waals surface area contributed by atoms with Gasteiger partial charge in [0.15, 0.2) is 0 Å². The zero-order valence-corrected chi connectivity index (χ0v) is 11.1. The molecule has 1 atom stereocenters. The first kappa shape index (κ1) is 12.8. The van der Waals surface area contributed by atoms with Crippen molar-refractivity contribution in [3.05, 3.63) is 54.1 Å². The van der Waals surface area contributed by atoms with E-state index in [-0.39, 0.29) is 6.04 Å². The zero-order chi connectivity index (χ0) is 13.8. The largest absolute Gasteiger partial charge is 0.496 e. The first-order valence-corrected chi connectivity index (χ1v) is 6.65. The van der Waals surface area contributed by atoms with Crippen molar-refractivity contribution in [3.8, 4) is 5.69 Å². The van der Waals surface area contributed by atoms with Crippen LogP contribution >= 0.6 is 0 Å². The molecule has 3 rings (SSSR count). The summed E-state index contributed by atoms with van der Waals surface area (Å²) >= 11 is 0. The second-order valence-electron chi connectivity index (χ2n) is 4.59. The summed E-state index contributed by atoms with van der Waals surface area (Å²) in [7, 11) is 0. The maximum absolute atomic E-state index is 5.64. The molecule has 1 aromatic carbocycles. The molecule has 0 saturated heterocycles. The van der Waals surface area contributed by atoms with E-state index in [0.717, 1.165) is 36.6 Å². The predicted molar refractivity (Wildman–Crippen MR) is 74.7 cm³/mol. The SMILES string of the molecule is NNC(C1=CCCCO1)c1cnn(-c2ccccc2)n1. The molecule has 6 nitrogen and oxygen atoms in total. The topological polar surface area (TPSA) is 78.0 Å². The number of nitrogens with one attached hydrogen (secondary N) is 1. The summed E-state index contributed by atoms with van der Waals surface area (Å²) in [6.07, 6.45) is 5.80. The van der Waals surface area contributed by atoms with Crippen LogP contribution in [0.2, 0.25) is 0 Å². The zero-order valence-electron chi connectivity index (χ0n) is 11.1. The van der Waals surface area contributed by atoms with E-state index in [1.165, 1.54) is 0 Å². The second-order valence-corrected chi connectivity index (χ2v) is 4.59. The highest BCUT2D eigenvalue weighted by atomic mass is 16.5. The molecule has 3 N–H and O–H groups in total. The van der Waals surface area contributed by atoms with Crippen LogP contribution in [0.4, 0.5) is 0 Å². The summed E-state index contributed by atoms with van der Waals surface area (Å²) in [5.41, 5.74) is 4.39. The molecule has 0 bridgehead atoms. The van der Waals surface area contributed by atoms with Gasteiger partial charge >= 0.3 is 0 Å². The van der Waals surface area contributed by atoms with Crippen LogP contribution in [0.5, 0.6) is 0 Å². The fourth-order valence-corrected chi connectivity index (χ4v) is 2.18. The summed E-state index contributed by atoms with van der Waals surface area (Å²) in [6, 6.07) is 9.50. The number of hydrogen-bond donors (Lipinski definition) is 2. The molecule has 2 aromatic rings. The van der Waals surface area contributed by atoms with Crippen LogP contribution in [0.3, 0.4) is 0 Å². The molecule has 0 aliphatic carbocycles. The minimum Gasteiger partial charge on any atom is -0.496 e. The molecule has 0 saturated carbocycles. The number of nitrogens with two attached hydrogens (primary N) is 1. The van der Waals surface area contributed by atoms with Crippen molar-refractivity contribution in [1.29, 1.82) is 0 Å². The quantitative estimate of drug-likeness (QED) is 0.650. The number of para-hydroxylation sites is 1. The summed E-state index contributed by atoms with van der Waals surface area (Å²) in [5, 5.41) is 8.75. The molecule has 0 amide bonds. The van der Waals surface area contributed by atoms with Gasteiger partial charge in [-0.2, -0.15) is 15.0 Å². The van der Waals surface area contributed by atoms with Gasteiger partial charge in [-0.3, -0.25) is 5.84 Å². The van der Waals surface area contributed by atoms with Gasteiger partial charge in [0.2, 0.25) is 0 Å². The lowest BCUT2D eigenvalue weighted by atomic mass is 10.1. The molecule has 1 aliphatic rings. The number of rotatable bonds is 4. The molecular formula is C14H17N5O. The van der Waals surface area contributed by atoms with Crippen LogP contribution in [-0.2, 0) is 4.74 Å². The Morgan fingerprint density at radius 1 is 1.30 bits per heavy atom. The van der Waals surface area contributed by atoms with Crippen molar-refractivity contribution < 1.29 is 4.74 Å². The van der Waals surface area contributed by atoms with E-state index in [4.69, 9.17) is 10.6 Å². The molecular weight excluding hydrogens is 254 g/mol. The fraction of sp³-hybridized carbons (Fsp3) is 0.286. The summed E-state index contributed by atoms with van der Waals surface area (Å²) in [6.45, 7) is 0.719. The predicted octanol–water partition coefficient (Wildman–Crippen LogP) is 1.47. The standard InChI is InChI=1S/C14H17N5O/c15-17-14(13-8-4-5-9-20-13)12-10-16-19(18-12)11-6-2-1-3-7-11/h1-3,6-8,10,14,17H,4-5,9,15H2. The normalized spacial score (nSPS) is 16.4. The third kappa shape index (κ3) is 2.56. The lowest BCUT2D eigenvalue weighted by Crippen LogP contribution is -2.31. The maximum Gasteiger partial charge on any atom is 0.124 e. The molecule has 2 heterocycles. The third-order valence-corrected chi connectivity index (χ3v) is 3.21. The van der Waals surface area contributed by atoms with Crippen molar-refractivity contribution in [2.75, 3.05) is 6.61 Å². The third-order valence-electron chi connectivity index (χ3n) is 3.21. The van der Waals surface area contributed by atoms with E-state index in [0.29, 0.717) is 0 Å². The van der Waals surface area contributed by atoms with Crippen molar-refractivity contribution in [3.63, 3.8) is 0 Å². The van der Waals surface area contributed by atoms with E-state index in [9.17, 15) is 0 Å². The minimum atomic E-state index is -0.257. The number of ether oxygens (including phenoxy) is 1. The Hall–Kier alpha value is -2.18. The molecule has 104 valence electrons. The molecule has 20 heavy (non-hydrogen) atoms. The summed E-state index contributed by atoms with van der Waals surface area (Å²) in [5.74, 6) is 6.45. The van der Waals surface area contributed by atoms with E-state index < -0.39 is 0 Å². The van der Waals surface area contributed by atoms with Gasteiger partial charge in [-0.25, -0.2) is 5.43 Å². The number of hydrazine groups is 1. The van der Waals surface area contributed by atoms with Crippen LogP contribution in [0.1, 0.15) is 24.6 Å². The van der Waals surface area contributed by atoms with Crippen LogP contribution in [0.15, 0.2) is 48.4 Å². The van der Waals surface area contributed by atoms with Gasteiger partial charge in [-0.1, -0.05) is 18.2 Å². The van der Waals surface area contributed by atoms with E-state index in [1.807, 2.05) is 30.3 Å². The second kappa shape index (κ2) is 5.85. The molecule has 1 aliphatic heterocycles. The Morgan fingerprint density at radius 3 is 2.85 bits per heavy atom. The van der Waals surface area contributed by atoms with Crippen LogP contribution in [0.25, 0.3) is 5.69 Å². The molecule has 1 unspecified atom stereocenters. The van der Waals surface area contributed by atoms with E-state index in [2.05, 4.69) is 21.7 Å². The monoisotopic (exact) mass is 271 g/mol. The van der Waals surface area contributed by atoms with Gasteiger partial charge in [0.1, 0.15) is 17.5 Å². The summed E-state index contributed by atoms with van der Waals surface area (Å²) in [4.78, 5) is 1.59. The minimum absolute atomic E-state index is 0.257. The first-order chi connectivity index (χ1) is 9.88. The number of allylic oxidation sites excluding steroid dienone is 1. The van der Waals surface area contributed by atoms with Crippen LogP contribution in [-0.4, -0.2) is 21.6 Å². The number of benzene rings is 1. The van der Waals surface area contributed by atoms with Crippen molar-refractivity contribution in [2.24, 2.45) is 5.84 Å². The van der Waals surface area contributed by atoms with Gasteiger partial charge < -0.3 is 4.74 Å². The Balaban J connectivity index is 1.86. The van der Waals surface area contributed by atoms with Gasteiger partial charge in [-0.15, -0.1) is 0 Å². The molecule has 0 fully saturated rings.